The summed E-state index contributed by atoms with van der Waals surface area (Å²) in [5, 5.41) is 3.54. The van der Waals surface area contributed by atoms with Crippen LogP contribution in [0.5, 0.6) is 0 Å². The van der Waals surface area contributed by atoms with Gasteiger partial charge in [-0.1, -0.05) is 0 Å². The first-order valence-electron chi connectivity index (χ1n) is 9.68. The molecule has 0 unspecified atom stereocenters. The van der Waals surface area contributed by atoms with Crippen LogP contribution < -0.4 is 5.32 Å². The zero-order chi connectivity index (χ0) is 17.2. The number of carbonyl (C=O) groups is 1. The number of hydrogen-bond donors (Lipinski definition) is 1. The lowest BCUT2D eigenvalue weighted by molar-refractivity contribution is -0.128. The van der Waals surface area contributed by atoms with E-state index in [4.69, 9.17) is 14.7 Å². The second kappa shape index (κ2) is 7.28. The largest absolute Gasteiger partial charge is 0.376 e. The molecule has 1 amide bonds. The summed E-state index contributed by atoms with van der Waals surface area (Å²) >= 11 is 0. The monoisotopic (exact) mass is 344 g/mol. The van der Waals surface area contributed by atoms with Crippen LogP contribution in [-0.2, 0) is 28.8 Å². The molecule has 3 heterocycles. The highest BCUT2D eigenvalue weighted by Gasteiger charge is 2.26. The van der Waals surface area contributed by atoms with Crippen LogP contribution in [0.15, 0.2) is 0 Å². The molecule has 1 N–H and O–H groups in total. The zero-order valence-electron chi connectivity index (χ0n) is 15.1. The van der Waals surface area contributed by atoms with E-state index in [0.717, 1.165) is 81.6 Å². The van der Waals surface area contributed by atoms with Crippen molar-refractivity contribution in [2.75, 3.05) is 31.6 Å². The molecule has 2 aliphatic heterocycles. The van der Waals surface area contributed by atoms with Gasteiger partial charge in [-0.3, -0.25) is 4.79 Å². The number of hydrogen-bond acceptors (Lipinski definition) is 5. The van der Waals surface area contributed by atoms with Gasteiger partial charge in [-0.25, -0.2) is 9.97 Å². The summed E-state index contributed by atoms with van der Waals surface area (Å²) in [7, 11) is 0. The van der Waals surface area contributed by atoms with Crippen molar-refractivity contribution < 1.29 is 9.53 Å². The van der Waals surface area contributed by atoms with Gasteiger partial charge in [-0.2, -0.15) is 0 Å². The molecule has 1 atom stereocenters. The van der Waals surface area contributed by atoms with Gasteiger partial charge in [-0.05, 0) is 38.0 Å². The van der Waals surface area contributed by atoms with Crippen LogP contribution in [0.4, 0.5) is 5.82 Å². The minimum Gasteiger partial charge on any atom is -0.376 e. The van der Waals surface area contributed by atoms with E-state index in [2.05, 4.69) is 5.32 Å². The second-order valence-electron chi connectivity index (χ2n) is 7.58. The average molecular weight is 344 g/mol. The van der Waals surface area contributed by atoms with Crippen molar-refractivity contribution in [2.45, 2.75) is 58.0 Å². The number of nitrogens with one attached hydrogen (secondary N) is 1. The Balaban J connectivity index is 1.55. The summed E-state index contributed by atoms with van der Waals surface area (Å²) < 4.78 is 5.74. The third-order valence-electron chi connectivity index (χ3n) is 5.52. The summed E-state index contributed by atoms with van der Waals surface area (Å²) in [5.74, 6) is 2.85. The lowest BCUT2D eigenvalue weighted by atomic mass is 10.1. The molecular weight excluding hydrogens is 316 g/mol. The van der Waals surface area contributed by atoms with Crippen molar-refractivity contribution in [3.05, 3.63) is 17.1 Å². The second-order valence-corrected chi connectivity index (χ2v) is 7.58. The number of ether oxygens (including phenoxy) is 1. The van der Waals surface area contributed by atoms with Gasteiger partial charge in [-0.15, -0.1) is 0 Å². The standard InChI is InChI=1S/C19H28N4O2/c1-13(24)23-8-6-16-17(7-9-23)21-18(11-14-4-5-14)22-19(16)20-12-15-3-2-10-25-15/h14-15H,2-12H2,1H3,(H,20,21,22)/t15-/m1/s1. The summed E-state index contributed by atoms with van der Waals surface area (Å²) in [6.07, 6.45) is 7.79. The van der Waals surface area contributed by atoms with Crippen LogP contribution in [0.25, 0.3) is 0 Å². The molecule has 0 bridgehead atoms. The number of anilines is 1. The van der Waals surface area contributed by atoms with Crippen LogP contribution in [0.1, 0.15) is 49.7 Å². The molecule has 1 aromatic rings. The van der Waals surface area contributed by atoms with Crippen molar-refractivity contribution >= 4 is 11.7 Å². The Morgan fingerprint density at radius 2 is 2.08 bits per heavy atom. The number of nitrogens with zero attached hydrogens (tertiary/aromatic N) is 3. The highest BCUT2D eigenvalue weighted by Crippen LogP contribution is 2.32. The van der Waals surface area contributed by atoms with Crippen LogP contribution in [-0.4, -0.2) is 53.1 Å². The molecule has 0 aromatic carbocycles. The fourth-order valence-electron chi connectivity index (χ4n) is 3.80. The number of amides is 1. The molecule has 4 rings (SSSR count). The van der Waals surface area contributed by atoms with Crippen LogP contribution in [0.2, 0.25) is 0 Å². The summed E-state index contributed by atoms with van der Waals surface area (Å²) in [4.78, 5) is 23.4. The Labute approximate surface area is 149 Å². The summed E-state index contributed by atoms with van der Waals surface area (Å²) in [5.41, 5.74) is 2.32. The summed E-state index contributed by atoms with van der Waals surface area (Å²) in [6.45, 7) is 4.84. The average Bonchev–Trinajstić information content (AvgIpc) is 3.30. The molecule has 1 saturated heterocycles. The van der Waals surface area contributed by atoms with E-state index < -0.39 is 0 Å². The summed E-state index contributed by atoms with van der Waals surface area (Å²) in [6, 6.07) is 0. The molecule has 25 heavy (non-hydrogen) atoms. The Morgan fingerprint density at radius 1 is 1.24 bits per heavy atom. The van der Waals surface area contributed by atoms with Crippen LogP contribution in [0, 0.1) is 5.92 Å². The minimum absolute atomic E-state index is 0.146. The first-order valence-corrected chi connectivity index (χ1v) is 9.68. The van der Waals surface area contributed by atoms with Gasteiger partial charge in [0.15, 0.2) is 0 Å². The van der Waals surface area contributed by atoms with Gasteiger partial charge in [0.05, 0.1) is 11.8 Å². The quantitative estimate of drug-likeness (QED) is 0.884. The predicted molar refractivity (Wildman–Crippen MR) is 95.6 cm³/mol. The highest BCUT2D eigenvalue weighted by molar-refractivity contribution is 5.73. The van der Waals surface area contributed by atoms with Crippen molar-refractivity contribution in [2.24, 2.45) is 5.92 Å². The van der Waals surface area contributed by atoms with E-state index in [0.29, 0.717) is 0 Å². The van der Waals surface area contributed by atoms with Gasteiger partial charge in [0.1, 0.15) is 11.6 Å². The Hall–Kier alpha value is -1.69. The Kier molecular flexibility index (Phi) is 4.88. The van der Waals surface area contributed by atoms with Gasteiger partial charge in [0.2, 0.25) is 5.91 Å². The molecule has 1 saturated carbocycles. The van der Waals surface area contributed by atoms with E-state index in [-0.39, 0.29) is 12.0 Å². The van der Waals surface area contributed by atoms with E-state index in [1.165, 1.54) is 18.4 Å². The first-order chi connectivity index (χ1) is 12.2. The van der Waals surface area contributed by atoms with Gasteiger partial charge < -0.3 is 15.0 Å². The minimum atomic E-state index is 0.146. The maximum atomic E-state index is 11.8. The number of rotatable bonds is 5. The fraction of sp³-hybridized carbons (Fsp3) is 0.737. The molecule has 1 aromatic heterocycles. The highest BCUT2D eigenvalue weighted by atomic mass is 16.5. The van der Waals surface area contributed by atoms with E-state index in [9.17, 15) is 4.79 Å². The van der Waals surface area contributed by atoms with Crippen molar-refractivity contribution in [1.82, 2.24) is 14.9 Å². The Morgan fingerprint density at radius 3 is 2.80 bits per heavy atom. The topological polar surface area (TPSA) is 67.4 Å². The normalized spacial score (nSPS) is 23.2. The third-order valence-corrected chi connectivity index (χ3v) is 5.52. The molecule has 3 aliphatic rings. The molecular formula is C19H28N4O2. The molecule has 0 spiro atoms. The first kappa shape index (κ1) is 16.8. The van der Waals surface area contributed by atoms with Crippen molar-refractivity contribution in [3.63, 3.8) is 0 Å². The van der Waals surface area contributed by atoms with E-state index >= 15 is 0 Å². The third kappa shape index (κ3) is 4.11. The maximum absolute atomic E-state index is 11.8. The number of fused-ring (bicyclic) bond motifs is 1. The van der Waals surface area contributed by atoms with Gasteiger partial charge in [0, 0.05) is 51.6 Å². The molecule has 6 heteroatoms. The van der Waals surface area contributed by atoms with Crippen LogP contribution >= 0.6 is 0 Å². The molecule has 136 valence electrons. The van der Waals surface area contributed by atoms with Gasteiger partial charge in [0.25, 0.3) is 0 Å². The molecule has 0 radical (unpaired) electrons. The predicted octanol–water partition coefficient (Wildman–Crippen LogP) is 1.97. The van der Waals surface area contributed by atoms with E-state index in [1.54, 1.807) is 6.92 Å². The van der Waals surface area contributed by atoms with Crippen molar-refractivity contribution in [1.29, 1.82) is 0 Å². The lowest BCUT2D eigenvalue weighted by Gasteiger charge is -2.18. The lowest BCUT2D eigenvalue weighted by Crippen LogP contribution is -2.31. The zero-order valence-corrected chi connectivity index (χ0v) is 15.1. The molecule has 1 aliphatic carbocycles. The Bertz CT molecular complexity index is 639. The van der Waals surface area contributed by atoms with Crippen molar-refractivity contribution in [3.8, 4) is 0 Å². The van der Waals surface area contributed by atoms with Crippen LogP contribution in [0.3, 0.4) is 0 Å². The SMILES string of the molecule is CC(=O)N1CCc2nc(CC3CC3)nc(NC[C@H]3CCCO3)c2CC1. The number of carbonyl (C=O) groups excluding carboxylic acids is 1. The van der Waals surface area contributed by atoms with E-state index in [1.807, 2.05) is 4.90 Å². The molecule has 6 nitrogen and oxygen atoms in total. The fourth-order valence-corrected chi connectivity index (χ4v) is 3.80. The smallest absolute Gasteiger partial charge is 0.219 e. The maximum Gasteiger partial charge on any atom is 0.219 e. The molecule has 2 fully saturated rings. The van der Waals surface area contributed by atoms with Gasteiger partial charge >= 0.3 is 0 Å². The number of aromatic nitrogens is 2.